The van der Waals surface area contributed by atoms with Gasteiger partial charge in [-0.25, -0.2) is 17.8 Å². The van der Waals surface area contributed by atoms with Gasteiger partial charge in [0.15, 0.2) is 15.0 Å². The minimum atomic E-state index is -3.30. The number of hydrogen-bond acceptors (Lipinski definition) is 6. The van der Waals surface area contributed by atoms with Crippen LogP contribution in [0.4, 0.5) is 9.52 Å². The molecule has 0 saturated carbocycles. The van der Waals surface area contributed by atoms with Gasteiger partial charge in [0.2, 0.25) is 5.91 Å². The van der Waals surface area contributed by atoms with Crippen LogP contribution in [-0.4, -0.2) is 41.4 Å². The molecule has 166 valence electrons. The van der Waals surface area contributed by atoms with Gasteiger partial charge in [-0.05, 0) is 42.0 Å². The first-order chi connectivity index (χ1) is 15.4. The van der Waals surface area contributed by atoms with Gasteiger partial charge in [-0.2, -0.15) is 5.10 Å². The van der Waals surface area contributed by atoms with Crippen molar-refractivity contribution < 1.29 is 17.6 Å². The summed E-state index contributed by atoms with van der Waals surface area (Å²) < 4.78 is 40.0. The summed E-state index contributed by atoms with van der Waals surface area (Å²) >= 11 is 1.25. The van der Waals surface area contributed by atoms with Gasteiger partial charge in [0.25, 0.3) is 0 Å². The predicted octanol–water partition coefficient (Wildman–Crippen LogP) is 3.70. The fraction of sp³-hybridized carbons (Fsp3) is 0.227. The number of fused-ring (bicyclic) bond motifs is 1. The van der Waals surface area contributed by atoms with E-state index in [9.17, 15) is 17.6 Å². The molecule has 4 aromatic rings. The van der Waals surface area contributed by atoms with E-state index >= 15 is 0 Å². The highest BCUT2D eigenvalue weighted by Gasteiger charge is 2.21. The minimum Gasteiger partial charge on any atom is -0.286 e. The SMILES string of the molecule is CCS(=O)(=O)c1ccc(CC(=O)N(CCn2cccn2)c2nc3ccc(F)cc3s2)cc1. The van der Waals surface area contributed by atoms with Crippen molar-refractivity contribution in [3.05, 3.63) is 72.3 Å². The van der Waals surface area contributed by atoms with Crippen LogP contribution in [0.1, 0.15) is 12.5 Å². The highest BCUT2D eigenvalue weighted by Crippen LogP contribution is 2.30. The summed E-state index contributed by atoms with van der Waals surface area (Å²) in [5.74, 6) is -0.531. The topological polar surface area (TPSA) is 85.2 Å². The zero-order valence-electron chi connectivity index (χ0n) is 17.3. The molecule has 0 aliphatic heterocycles. The van der Waals surface area contributed by atoms with Crippen molar-refractivity contribution in [2.75, 3.05) is 17.2 Å². The first-order valence-corrected chi connectivity index (χ1v) is 12.5. The number of amides is 1. The van der Waals surface area contributed by atoms with E-state index in [-0.39, 0.29) is 28.8 Å². The quantitative estimate of drug-likeness (QED) is 0.390. The van der Waals surface area contributed by atoms with E-state index in [1.54, 1.807) is 47.0 Å². The highest BCUT2D eigenvalue weighted by atomic mass is 32.2. The third-order valence-corrected chi connectivity index (χ3v) is 7.79. The van der Waals surface area contributed by atoms with Crippen LogP contribution in [0.25, 0.3) is 10.2 Å². The van der Waals surface area contributed by atoms with E-state index in [1.807, 2.05) is 6.20 Å². The lowest BCUT2D eigenvalue weighted by Gasteiger charge is -2.20. The van der Waals surface area contributed by atoms with Crippen molar-refractivity contribution >= 4 is 42.4 Å². The number of hydrogen-bond donors (Lipinski definition) is 0. The fourth-order valence-electron chi connectivity index (χ4n) is 3.22. The van der Waals surface area contributed by atoms with E-state index in [4.69, 9.17) is 0 Å². The summed E-state index contributed by atoms with van der Waals surface area (Å²) in [6.07, 6.45) is 3.55. The molecule has 2 aromatic carbocycles. The molecule has 2 aromatic heterocycles. The number of rotatable bonds is 8. The Morgan fingerprint density at radius 1 is 1.19 bits per heavy atom. The van der Waals surface area contributed by atoms with Crippen molar-refractivity contribution in [3.8, 4) is 0 Å². The molecule has 0 bridgehead atoms. The number of sulfone groups is 1. The number of anilines is 1. The molecule has 4 rings (SSSR count). The van der Waals surface area contributed by atoms with Crippen LogP contribution in [-0.2, 0) is 27.6 Å². The van der Waals surface area contributed by atoms with Crippen molar-refractivity contribution in [1.29, 1.82) is 0 Å². The maximum Gasteiger partial charge on any atom is 0.233 e. The first kappa shape index (κ1) is 22.1. The van der Waals surface area contributed by atoms with Gasteiger partial charge < -0.3 is 0 Å². The number of halogens is 1. The molecule has 32 heavy (non-hydrogen) atoms. The molecule has 0 atom stereocenters. The zero-order chi connectivity index (χ0) is 22.7. The molecular weight excluding hydrogens is 451 g/mol. The van der Waals surface area contributed by atoms with Gasteiger partial charge >= 0.3 is 0 Å². The summed E-state index contributed by atoms with van der Waals surface area (Å²) in [7, 11) is -3.30. The summed E-state index contributed by atoms with van der Waals surface area (Å²) in [4.78, 5) is 19.6. The maximum absolute atomic E-state index is 13.6. The summed E-state index contributed by atoms with van der Waals surface area (Å²) in [5.41, 5.74) is 1.32. The lowest BCUT2D eigenvalue weighted by Crippen LogP contribution is -2.35. The average molecular weight is 473 g/mol. The summed E-state index contributed by atoms with van der Waals surface area (Å²) in [5, 5.41) is 4.66. The largest absolute Gasteiger partial charge is 0.286 e. The normalized spacial score (nSPS) is 11.7. The molecule has 0 radical (unpaired) electrons. The lowest BCUT2D eigenvalue weighted by molar-refractivity contribution is -0.118. The van der Waals surface area contributed by atoms with Gasteiger partial charge in [-0.15, -0.1) is 0 Å². The van der Waals surface area contributed by atoms with Crippen LogP contribution in [0.2, 0.25) is 0 Å². The molecule has 0 spiro atoms. The monoisotopic (exact) mass is 472 g/mol. The molecule has 7 nitrogen and oxygen atoms in total. The van der Waals surface area contributed by atoms with Crippen LogP contribution < -0.4 is 4.90 Å². The molecule has 0 saturated heterocycles. The van der Waals surface area contributed by atoms with Crippen LogP contribution >= 0.6 is 11.3 Å². The number of nitrogens with zero attached hydrogens (tertiary/aromatic N) is 4. The molecule has 1 amide bonds. The molecule has 10 heteroatoms. The molecule has 0 N–H and O–H groups in total. The predicted molar refractivity (Wildman–Crippen MR) is 122 cm³/mol. The second-order valence-electron chi connectivity index (χ2n) is 7.15. The zero-order valence-corrected chi connectivity index (χ0v) is 18.9. The maximum atomic E-state index is 13.6. The van der Waals surface area contributed by atoms with Crippen LogP contribution in [0, 0.1) is 5.82 Å². The van der Waals surface area contributed by atoms with E-state index in [2.05, 4.69) is 10.1 Å². The number of aromatic nitrogens is 3. The smallest absolute Gasteiger partial charge is 0.233 e. The average Bonchev–Trinajstić information content (AvgIpc) is 3.44. The van der Waals surface area contributed by atoms with Crippen LogP contribution in [0.3, 0.4) is 0 Å². The van der Waals surface area contributed by atoms with Gasteiger partial charge in [-0.1, -0.05) is 30.4 Å². The number of benzene rings is 2. The Balaban J connectivity index is 1.58. The second kappa shape index (κ2) is 9.17. The van der Waals surface area contributed by atoms with Gasteiger partial charge in [0.05, 0.1) is 33.8 Å². The molecule has 0 fully saturated rings. The third-order valence-electron chi connectivity index (χ3n) is 5.00. The molecule has 2 heterocycles. The molecule has 0 aliphatic rings. The fourth-order valence-corrected chi connectivity index (χ4v) is 5.13. The van der Waals surface area contributed by atoms with Crippen molar-refractivity contribution in [3.63, 3.8) is 0 Å². The summed E-state index contributed by atoms with van der Waals surface area (Å²) in [6.45, 7) is 2.40. The van der Waals surface area contributed by atoms with E-state index in [0.717, 1.165) is 0 Å². The first-order valence-electron chi connectivity index (χ1n) is 10.0. The van der Waals surface area contributed by atoms with E-state index < -0.39 is 9.84 Å². The Kier molecular flexibility index (Phi) is 6.33. The van der Waals surface area contributed by atoms with Crippen molar-refractivity contribution in [1.82, 2.24) is 14.8 Å². The van der Waals surface area contributed by atoms with E-state index in [0.29, 0.717) is 34.0 Å². The second-order valence-corrected chi connectivity index (χ2v) is 10.4. The Bertz CT molecular complexity index is 1330. The van der Waals surface area contributed by atoms with Crippen molar-refractivity contribution in [2.45, 2.75) is 24.8 Å². The van der Waals surface area contributed by atoms with Crippen LogP contribution in [0.5, 0.6) is 0 Å². The van der Waals surface area contributed by atoms with Gasteiger partial charge in [-0.3, -0.25) is 14.4 Å². The molecule has 0 aliphatic carbocycles. The van der Waals surface area contributed by atoms with Gasteiger partial charge in [0, 0.05) is 18.9 Å². The molecule has 0 unspecified atom stereocenters. The van der Waals surface area contributed by atoms with Crippen LogP contribution in [0.15, 0.2) is 65.8 Å². The number of carbonyl (C=O) groups is 1. The molecular formula is C22H21FN4O3S2. The number of carbonyl (C=O) groups excluding carboxylic acids is 1. The Labute approximate surface area is 189 Å². The number of thiazole rings is 1. The van der Waals surface area contributed by atoms with Gasteiger partial charge in [0.1, 0.15) is 5.82 Å². The van der Waals surface area contributed by atoms with E-state index in [1.165, 1.54) is 35.6 Å². The third kappa shape index (κ3) is 4.86. The standard InChI is InChI=1S/C22H21FN4O3S2/c1-2-32(29,30)18-7-4-16(5-8-18)14-21(28)27(13-12-26-11-3-10-24-26)22-25-19-9-6-17(23)15-20(19)31-22/h3-11,15H,2,12-14H2,1H3. The Hall–Kier alpha value is -3.11. The lowest BCUT2D eigenvalue weighted by atomic mass is 10.1. The highest BCUT2D eigenvalue weighted by molar-refractivity contribution is 7.91. The minimum absolute atomic E-state index is 0.0185. The van der Waals surface area contributed by atoms with Crippen molar-refractivity contribution in [2.24, 2.45) is 0 Å². The Morgan fingerprint density at radius 2 is 1.97 bits per heavy atom. The summed E-state index contributed by atoms with van der Waals surface area (Å²) in [6, 6.07) is 12.5. The Morgan fingerprint density at radius 3 is 2.66 bits per heavy atom.